The zero-order valence-electron chi connectivity index (χ0n) is 11.6. The Hall–Kier alpha value is -0.590. The summed E-state index contributed by atoms with van der Waals surface area (Å²) in [5.74, 6) is 0. The van der Waals surface area contributed by atoms with Crippen molar-refractivity contribution in [3.05, 3.63) is 23.5 Å². The smallest absolute Gasteiger partial charge is 0.123 e. The maximum absolute atomic E-state index is 7.05. The van der Waals surface area contributed by atoms with Gasteiger partial charge in [-0.3, -0.25) is 10.3 Å². The van der Waals surface area contributed by atoms with Gasteiger partial charge in [0.25, 0.3) is 0 Å². The summed E-state index contributed by atoms with van der Waals surface area (Å²) in [7, 11) is 0. The molecule has 5 nitrogen and oxygen atoms in total. The lowest BCUT2D eigenvalue weighted by Gasteiger charge is -2.34. The largest absolute Gasteiger partial charge is 0.353 e. The second-order valence-electron chi connectivity index (χ2n) is 4.67. The van der Waals surface area contributed by atoms with Crippen LogP contribution in [0.25, 0.3) is 0 Å². The van der Waals surface area contributed by atoms with E-state index in [1.807, 2.05) is 6.08 Å². The first-order valence-electron chi connectivity index (χ1n) is 6.79. The maximum Gasteiger partial charge on any atom is 0.123 e. The van der Waals surface area contributed by atoms with Crippen LogP contribution in [0, 0.1) is 5.41 Å². The number of hydrogen-bond donors (Lipinski definition) is 3. The van der Waals surface area contributed by atoms with E-state index in [4.69, 9.17) is 34.3 Å². The zero-order valence-corrected chi connectivity index (χ0v) is 13.1. The first-order chi connectivity index (χ1) is 9.61. The van der Waals surface area contributed by atoms with Crippen molar-refractivity contribution in [1.29, 1.82) is 5.41 Å². The van der Waals surface area contributed by atoms with Gasteiger partial charge in [0.15, 0.2) is 0 Å². The molecule has 7 heteroatoms. The van der Waals surface area contributed by atoms with Crippen molar-refractivity contribution in [2.24, 2.45) is 5.73 Å². The van der Waals surface area contributed by atoms with Crippen LogP contribution in [-0.2, 0) is 0 Å². The Morgan fingerprint density at radius 2 is 1.85 bits per heavy atom. The van der Waals surface area contributed by atoms with E-state index in [1.54, 1.807) is 6.20 Å². The third-order valence-electron chi connectivity index (χ3n) is 3.10. The van der Waals surface area contributed by atoms with Gasteiger partial charge in [-0.2, -0.15) is 0 Å². The van der Waals surface area contributed by atoms with Gasteiger partial charge in [-0.1, -0.05) is 29.3 Å². The van der Waals surface area contributed by atoms with E-state index in [1.165, 1.54) is 6.08 Å². The van der Waals surface area contributed by atoms with Gasteiger partial charge in [0.2, 0.25) is 0 Å². The Morgan fingerprint density at radius 3 is 2.45 bits per heavy atom. The predicted molar refractivity (Wildman–Crippen MR) is 86.3 cm³/mol. The van der Waals surface area contributed by atoms with E-state index in [-0.39, 0.29) is 5.17 Å². The highest BCUT2D eigenvalue weighted by molar-refractivity contribution is 6.68. The molecule has 0 aromatic heterocycles. The molecule has 0 aromatic carbocycles. The van der Waals surface area contributed by atoms with Gasteiger partial charge in [-0.25, -0.2) is 0 Å². The molecule has 1 fully saturated rings. The zero-order chi connectivity index (χ0) is 14.8. The minimum absolute atomic E-state index is 0.0931. The van der Waals surface area contributed by atoms with Gasteiger partial charge in [0.05, 0.1) is 0 Å². The number of nitrogens with zero attached hydrogens (tertiary/aromatic N) is 2. The second kappa shape index (κ2) is 10.2. The maximum atomic E-state index is 7.05. The van der Waals surface area contributed by atoms with Crippen molar-refractivity contribution in [1.82, 2.24) is 15.1 Å². The molecule has 0 saturated carbocycles. The third-order valence-corrected chi connectivity index (χ3v) is 3.43. The fourth-order valence-corrected chi connectivity index (χ4v) is 2.34. The average molecular weight is 320 g/mol. The molecular weight excluding hydrogens is 297 g/mol. The number of nitrogens with two attached hydrogens (primary N) is 1. The summed E-state index contributed by atoms with van der Waals surface area (Å²) in [5, 5.41) is 10.2. The summed E-state index contributed by atoms with van der Waals surface area (Å²) in [4.78, 5) is 4.84. The van der Waals surface area contributed by atoms with Gasteiger partial charge in [-0.15, -0.1) is 0 Å². The molecule has 114 valence electrons. The fraction of sp³-hybridized carbons (Fsp3) is 0.615. The number of nitrogens with one attached hydrogen (secondary N) is 2. The van der Waals surface area contributed by atoms with Crippen LogP contribution in [-0.4, -0.2) is 60.8 Å². The number of hydrogen-bond acceptors (Lipinski definition) is 5. The minimum Gasteiger partial charge on any atom is -0.353 e. The highest BCUT2D eigenvalue weighted by Crippen LogP contribution is 2.02. The first kappa shape index (κ1) is 17.5. The highest BCUT2D eigenvalue weighted by Gasteiger charge is 2.14. The monoisotopic (exact) mass is 319 g/mol. The average Bonchev–Trinajstić information content (AvgIpc) is 2.42. The summed E-state index contributed by atoms with van der Waals surface area (Å²) >= 11 is 11.2. The molecule has 0 unspecified atom stereocenters. The molecule has 0 aromatic rings. The Labute approximate surface area is 130 Å². The summed E-state index contributed by atoms with van der Waals surface area (Å²) in [6, 6.07) is 0. The van der Waals surface area contributed by atoms with Crippen molar-refractivity contribution in [2.75, 3.05) is 45.8 Å². The van der Waals surface area contributed by atoms with Crippen molar-refractivity contribution < 1.29 is 0 Å². The quantitative estimate of drug-likeness (QED) is 0.466. The number of allylic oxidation sites excluding steroid dienone is 1. The van der Waals surface area contributed by atoms with Crippen LogP contribution in [0.1, 0.15) is 6.42 Å². The Balaban J connectivity index is 2.16. The normalized spacial score (nSPS) is 18.6. The molecule has 0 bridgehead atoms. The van der Waals surface area contributed by atoms with Crippen LogP contribution in [0.15, 0.2) is 23.5 Å². The van der Waals surface area contributed by atoms with Crippen molar-refractivity contribution >= 4 is 28.4 Å². The molecule has 1 aliphatic rings. The molecule has 4 N–H and O–H groups in total. The second-order valence-corrected chi connectivity index (χ2v) is 5.49. The van der Waals surface area contributed by atoms with Crippen LogP contribution < -0.4 is 11.1 Å². The molecule has 0 atom stereocenters. The topological polar surface area (TPSA) is 68.4 Å². The first-order valence-corrected chi connectivity index (χ1v) is 7.55. The van der Waals surface area contributed by atoms with Gasteiger partial charge in [0.1, 0.15) is 10.3 Å². The van der Waals surface area contributed by atoms with Crippen LogP contribution in [0.4, 0.5) is 0 Å². The van der Waals surface area contributed by atoms with Crippen LogP contribution in [0.2, 0.25) is 0 Å². The molecule has 0 radical (unpaired) electrons. The summed E-state index contributed by atoms with van der Waals surface area (Å²) < 4.78 is 0. The summed E-state index contributed by atoms with van der Waals surface area (Å²) in [5.41, 5.74) is 5.52. The Morgan fingerprint density at radius 1 is 1.20 bits per heavy atom. The van der Waals surface area contributed by atoms with E-state index in [0.29, 0.717) is 5.16 Å². The van der Waals surface area contributed by atoms with E-state index in [0.717, 1.165) is 52.2 Å². The molecule has 20 heavy (non-hydrogen) atoms. The molecule has 1 rings (SSSR count). The molecule has 0 spiro atoms. The van der Waals surface area contributed by atoms with Crippen LogP contribution in [0.3, 0.4) is 0 Å². The number of rotatable bonds is 8. The van der Waals surface area contributed by atoms with Crippen molar-refractivity contribution in [2.45, 2.75) is 6.42 Å². The lowest BCUT2D eigenvalue weighted by Crippen LogP contribution is -2.46. The fourth-order valence-electron chi connectivity index (χ4n) is 2.00. The Kier molecular flexibility index (Phi) is 8.89. The van der Waals surface area contributed by atoms with Gasteiger partial charge in [0, 0.05) is 38.8 Å². The minimum atomic E-state index is -0.0931. The van der Waals surface area contributed by atoms with Gasteiger partial charge in [-0.05, 0) is 25.7 Å². The Bertz CT molecular complexity index is 349. The molecule has 1 saturated heterocycles. The summed E-state index contributed by atoms with van der Waals surface area (Å²) in [6.45, 7) is 7.11. The molecular formula is C13H23Cl2N5. The third kappa shape index (κ3) is 7.87. The molecule has 1 aliphatic heterocycles. The van der Waals surface area contributed by atoms with E-state index >= 15 is 0 Å². The van der Waals surface area contributed by atoms with Crippen LogP contribution in [0.5, 0.6) is 0 Å². The highest BCUT2D eigenvalue weighted by atomic mass is 35.5. The SMILES string of the molecule is N=C(Cl)C=C(Cl)N/C=C/CN1CCN(CCCN)CC1. The number of halogens is 2. The van der Waals surface area contributed by atoms with E-state index in [2.05, 4.69) is 15.1 Å². The lowest BCUT2D eigenvalue weighted by molar-refractivity contribution is 0.142. The molecule has 1 heterocycles. The summed E-state index contributed by atoms with van der Waals surface area (Å²) in [6.07, 6.45) is 6.22. The predicted octanol–water partition coefficient (Wildman–Crippen LogP) is 1.35. The van der Waals surface area contributed by atoms with E-state index < -0.39 is 0 Å². The van der Waals surface area contributed by atoms with Crippen molar-refractivity contribution in [3.63, 3.8) is 0 Å². The van der Waals surface area contributed by atoms with Crippen LogP contribution >= 0.6 is 23.2 Å². The van der Waals surface area contributed by atoms with Crippen molar-refractivity contribution in [3.8, 4) is 0 Å². The van der Waals surface area contributed by atoms with Gasteiger partial charge >= 0.3 is 0 Å². The molecule has 0 aliphatic carbocycles. The number of piperazine rings is 1. The standard InChI is InChI=1S/C13H23Cl2N5/c14-12(17)11-13(15)18-4-2-6-20-9-7-19(8-10-20)5-1-3-16/h2,4,11,17-18H,1,3,5-10,16H2/b4-2+,13-11?,17-12?. The lowest BCUT2D eigenvalue weighted by atomic mass is 10.3. The van der Waals surface area contributed by atoms with Gasteiger partial charge < -0.3 is 16.0 Å². The molecule has 0 amide bonds. The van der Waals surface area contributed by atoms with E-state index in [9.17, 15) is 0 Å².